The molecule has 272 valence electrons. The number of likely N-dealkylation sites (tertiary alicyclic amines) is 1. The summed E-state index contributed by atoms with van der Waals surface area (Å²) in [6.45, 7) is 8.04. The molecule has 4 heteroatoms. The van der Waals surface area contributed by atoms with Gasteiger partial charge in [-0.2, -0.15) is 0 Å². The highest BCUT2D eigenvalue weighted by Gasteiger charge is 2.61. The average molecular weight is 661 g/mol. The summed E-state index contributed by atoms with van der Waals surface area (Å²) in [5.41, 5.74) is 1.76. The van der Waals surface area contributed by atoms with Crippen molar-refractivity contribution < 1.29 is 0 Å². The summed E-state index contributed by atoms with van der Waals surface area (Å²) in [6, 6.07) is 5.30. The van der Waals surface area contributed by atoms with E-state index in [4.69, 9.17) is 0 Å². The van der Waals surface area contributed by atoms with Crippen LogP contribution in [0.3, 0.4) is 0 Å². The van der Waals surface area contributed by atoms with Crippen molar-refractivity contribution >= 4 is 0 Å². The second-order valence-electron chi connectivity index (χ2n) is 20.5. The molecular formula is C44H76N4. The van der Waals surface area contributed by atoms with Crippen LogP contribution < -0.4 is 10.6 Å². The monoisotopic (exact) mass is 661 g/mol. The van der Waals surface area contributed by atoms with Gasteiger partial charge in [-0.3, -0.25) is 9.80 Å². The zero-order valence-corrected chi connectivity index (χ0v) is 31.7. The fraction of sp³-hybridized carbons (Fsp3) is 1.00. The Bertz CT molecular complexity index is 1050. The SMILES string of the molecule is CC1(C)C2CCCCC2N(C2CCC(C34CCC(C5NCCCN5)(CC3)C4)CC2)C2CCC(N(C3CCCCC3)C3CCCCC3)CC21. The number of nitrogens with one attached hydrogen (secondary N) is 2. The third-order valence-electron chi connectivity index (χ3n) is 18.2. The van der Waals surface area contributed by atoms with E-state index >= 15 is 0 Å². The highest BCUT2D eigenvalue weighted by molar-refractivity contribution is 5.13. The zero-order chi connectivity index (χ0) is 32.3. The Labute approximate surface area is 296 Å². The second-order valence-corrected chi connectivity index (χ2v) is 20.5. The van der Waals surface area contributed by atoms with E-state index in [9.17, 15) is 0 Å². The van der Waals surface area contributed by atoms with E-state index in [1.807, 2.05) is 0 Å². The predicted molar refractivity (Wildman–Crippen MR) is 200 cm³/mol. The first-order valence-corrected chi connectivity index (χ1v) is 22.5. The van der Waals surface area contributed by atoms with E-state index in [0.717, 1.165) is 54.0 Å². The van der Waals surface area contributed by atoms with Crippen LogP contribution in [-0.2, 0) is 0 Å². The van der Waals surface area contributed by atoms with Gasteiger partial charge in [0, 0.05) is 36.3 Å². The molecule has 2 N–H and O–H groups in total. The summed E-state index contributed by atoms with van der Waals surface area (Å²) in [7, 11) is 0. The Morgan fingerprint density at radius 1 is 0.521 bits per heavy atom. The number of nitrogens with zero attached hydrogens (tertiary/aromatic N) is 2. The molecule has 2 saturated heterocycles. The van der Waals surface area contributed by atoms with E-state index in [0.29, 0.717) is 22.4 Å². The molecule has 0 spiro atoms. The number of rotatable bonds is 6. The number of hydrogen-bond donors (Lipinski definition) is 2. The van der Waals surface area contributed by atoms with Crippen LogP contribution in [-0.4, -0.2) is 65.3 Å². The van der Waals surface area contributed by atoms with Crippen molar-refractivity contribution in [2.45, 2.75) is 230 Å². The van der Waals surface area contributed by atoms with Gasteiger partial charge in [-0.15, -0.1) is 0 Å². The lowest BCUT2D eigenvalue weighted by Crippen LogP contribution is -2.68. The minimum atomic E-state index is 0.504. The normalized spacial score (nSPS) is 46.4. The third-order valence-corrected chi connectivity index (χ3v) is 18.2. The summed E-state index contributed by atoms with van der Waals surface area (Å²) in [4.78, 5) is 6.63. The maximum atomic E-state index is 3.94. The Balaban J connectivity index is 0.923. The number of piperidine rings is 1. The average Bonchev–Trinajstić information content (AvgIpc) is 3.73. The first-order chi connectivity index (χ1) is 23.5. The van der Waals surface area contributed by atoms with Gasteiger partial charge < -0.3 is 10.6 Å². The second kappa shape index (κ2) is 13.7. The molecule has 5 unspecified atom stereocenters. The van der Waals surface area contributed by atoms with Gasteiger partial charge in [0.25, 0.3) is 0 Å². The van der Waals surface area contributed by atoms with Crippen LogP contribution in [0, 0.1) is 34.0 Å². The summed E-state index contributed by atoms with van der Waals surface area (Å²) in [6.07, 6.45) is 41.1. The van der Waals surface area contributed by atoms with Gasteiger partial charge in [-0.25, -0.2) is 0 Å². The van der Waals surface area contributed by atoms with Crippen LogP contribution in [0.25, 0.3) is 0 Å². The van der Waals surface area contributed by atoms with Crippen LogP contribution in [0.4, 0.5) is 0 Å². The van der Waals surface area contributed by atoms with E-state index < -0.39 is 0 Å². The summed E-state index contributed by atoms with van der Waals surface area (Å²) < 4.78 is 0. The Hall–Kier alpha value is -0.160. The van der Waals surface area contributed by atoms with Crippen molar-refractivity contribution in [1.82, 2.24) is 20.4 Å². The molecule has 9 rings (SSSR count). The lowest BCUT2D eigenvalue weighted by Gasteiger charge is -2.65. The Kier molecular flexibility index (Phi) is 9.59. The fourth-order valence-electron chi connectivity index (χ4n) is 15.9. The standard InChI is InChI=1S/C44H76N4/c1-42(2)37-16-9-10-17-39(37)48(35-20-18-32(19-21-35)43-24-26-44(31-43,27-25-43)41-45-28-11-29-46-41)40-23-22-36(30-38(40)42)47(33-12-5-3-6-13-33)34-14-7-4-8-15-34/h32-41,45-46H,3-31H2,1-2H3. The van der Waals surface area contributed by atoms with Gasteiger partial charge in [0.15, 0.2) is 0 Å². The molecule has 2 bridgehead atoms. The molecule has 9 aliphatic rings. The van der Waals surface area contributed by atoms with Gasteiger partial charge in [-0.05, 0) is 169 Å². The molecule has 2 heterocycles. The van der Waals surface area contributed by atoms with Crippen LogP contribution in [0.5, 0.6) is 0 Å². The first kappa shape index (κ1) is 33.7. The van der Waals surface area contributed by atoms with Crippen molar-refractivity contribution in [2.24, 2.45) is 34.0 Å². The van der Waals surface area contributed by atoms with Gasteiger partial charge >= 0.3 is 0 Å². The highest BCUT2D eigenvalue weighted by atomic mass is 15.3. The van der Waals surface area contributed by atoms with E-state index in [1.165, 1.54) is 174 Å². The molecule has 2 aliphatic heterocycles. The largest absolute Gasteiger partial charge is 0.301 e. The van der Waals surface area contributed by atoms with Crippen molar-refractivity contribution in [2.75, 3.05) is 13.1 Å². The lowest BCUT2D eigenvalue weighted by atomic mass is 9.53. The predicted octanol–water partition coefficient (Wildman–Crippen LogP) is 9.81. The fourth-order valence-corrected chi connectivity index (χ4v) is 15.9. The van der Waals surface area contributed by atoms with Crippen LogP contribution in [0.15, 0.2) is 0 Å². The summed E-state index contributed by atoms with van der Waals surface area (Å²) in [5, 5.41) is 7.87. The summed E-state index contributed by atoms with van der Waals surface area (Å²) in [5.74, 6) is 2.85. The van der Waals surface area contributed by atoms with Crippen molar-refractivity contribution in [3.05, 3.63) is 0 Å². The Morgan fingerprint density at radius 2 is 1.10 bits per heavy atom. The molecule has 0 amide bonds. The quantitative estimate of drug-likeness (QED) is 0.297. The molecule has 0 aromatic carbocycles. The van der Waals surface area contributed by atoms with Gasteiger partial charge in [0.2, 0.25) is 0 Å². The minimum Gasteiger partial charge on any atom is -0.301 e. The number of fused-ring (bicyclic) bond motifs is 4. The smallest absolute Gasteiger partial charge is 0.0629 e. The molecule has 7 saturated carbocycles. The summed E-state index contributed by atoms with van der Waals surface area (Å²) >= 11 is 0. The maximum Gasteiger partial charge on any atom is 0.0629 e. The van der Waals surface area contributed by atoms with Gasteiger partial charge in [0.05, 0.1) is 6.17 Å². The van der Waals surface area contributed by atoms with Crippen LogP contribution >= 0.6 is 0 Å². The van der Waals surface area contributed by atoms with E-state index in [1.54, 1.807) is 12.8 Å². The third kappa shape index (κ3) is 5.82. The van der Waals surface area contributed by atoms with Gasteiger partial charge in [-0.1, -0.05) is 65.2 Å². The molecule has 0 radical (unpaired) electrons. The molecule has 0 aromatic heterocycles. The molecule has 9 fully saturated rings. The molecule has 48 heavy (non-hydrogen) atoms. The molecular weight excluding hydrogens is 585 g/mol. The van der Waals surface area contributed by atoms with Gasteiger partial charge in [0.1, 0.15) is 0 Å². The van der Waals surface area contributed by atoms with Crippen LogP contribution in [0.2, 0.25) is 0 Å². The molecule has 4 nitrogen and oxygen atoms in total. The van der Waals surface area contributed by atoms with Crippen molar-refractivity contribution in [3.8, 4) is 0 Å². The maximum absolute atomic E-state index is 3.94. The molecule has 0 aromatic rings. The highest BCUT2D eigenvalue weighted by Crippen LogP contribution is 2.68. The van der Waals surface area contributed by atoms with E-state index in [-0.39, 0.29) is 0 Å². The topological polar surface area (TPSA) is 30.5 Å². The molecule has 7 aliphatic carbocycles. The zero-order valence-electron chi connectivity index (χ0n) is 31.7. The minimum absolute atomic E-state index is 0.504. The van der Waals surface area contributed by atoms with Crippen molar-refractivity contribution in [3.63, 3.8) is 0 Å². The lowest BCUT2D eigenvalue weighted by molar-refractivity contribution is -0.157. The van der Waals surface area contributed by atoms with E-state index in [2.05, 4.69) is 34.3 Å². The Morgan fingerprint density at radius 3 is 1.77 bits per heavy atom. The van der Waals surface area contributed by atoms with Crippen molar-refractivity contribution in [1.29, 1.82) is 0 Å². The van der Waals surface area contributed by atoms with Crippen LogP contribution in [0.1, 0.15) is 187 Å². The first-order valence-electron chi connectivity index (χ1n) is 22.5. The molecule has 5 atom stereocenters. The number of hydrogen-bond acceptors (Lipinski definition) is 4.